The summed E-state index contributed by atoms with van der Waals surface area (Å²) in [5, 5.41) is 0. The number of carbonyl (C=O) groups excluding carboxylic acids is 1. The molecule has 1 saturated heterocycles. The van der Waals surface area contributed by atoms with E-state index in [1.165, 1.54) is 6.42 Å². The predicted molar refractivity (Wildman–Crippen MR) is 98.8 cm³/mol. The second-order valence-corrected chi connectivity index (χ2v) is 9.17. The van der Waals surface area contributed by atoms with Gasteiger partial charge in [0.25, 0.3) is 0 Å². The Hall–Kier alpha value is -0.870. The molecule has 4 heteroatoms. The molecule has 1 aromatic carbocycles. The largest absolute Gasteiger partial charge is 0.497 e. The fourth-order valence-electron chi connectivity index (χ4n) is 2.29. The third-order valence-electron chi connectivity index (χ3n) is 3.26. The number of benzene rings is 1. The minimum absolute atomic E-state index is 0.0218. The summed E-state index contributed by atoms with van der Waals surface area (Å²) in [6.45, 7) is 6.38. The van der Waals surface area contributed by atoms with Gasteiger partial charge in [-0.25, -0.2) is 0 Å². The maximum atomic E-state index is 13.0. The third-order valence-corrected chi connectivity index (χ3v) is 6.16. The van der Waals surface area contributed by atoms with E-state index in [1.54, 1.807) is 30.6 Å². The van der Waals surface area contributed by atoms with E-state index in [0.717, 1.165) is 28.4 Å². The molecule has 0 aromatic heterocycles. The molecule has 0 spiro atoms. The zero-order chi connectivity index (χ0) is 16.2. The molecule has 1 heterocycles. The van der Waals surface area contributed by atoms with Gasteiger partial charge in [0.15, 0.2) is 5.78 Å². The maximum Gasteiger partial charge on any atom is 0.186 e. The lowest BCUT2D eigenvalue weighted by atomic mass is 9.89. The minimum atomic E-state index is -0.0436. The van der Waals surface area contributed by atoms with Crippen LogP contribution in [-0.4, -0.2) is 29.0 Å². The molecule has 0 saturated carbocycles. The zero-order valence-corrected chi connectivity index (χ0v) is 15.4. The van der Waals surface area contributed by atoms with Gasteiger partial charge in [-0.15, -0.1) is 23.5 Å². The van der Waals surface area contributed by atoms with E-state index < -0.39 is 0 Å². The van der Waals surface area contributed by atoms with Crippen LogP contribution in [0, 0.1) is 5.41 Å². The molecule has 1 aliphatic rings. The van der Waals surface area contributed by atoms with Gasteiger partial charge in [0.05, 0.1) is 7.11 Å². The van der Waals surface area contributed by atoms with Crippen molar-refractivity contribution in [1.29, 1.82) is 0 Å². The summed E-state index contributed by atoms with van der Waals surface area (Å²) < 4.78 is 5.33. The van der Waals surface area contributed by atoms with Crippen LogP contribution in [0.5, 0.6) is 5.75 Å². The van der Waals surface area contributed by atoms with Gasteiger partial charge in [-0.05, 0) is 41.0 Å². The van der Waals surface area contributed by atoms with Crippen LogP contribution in [0.2, 0.25) is 0 Å². The number of rotatable bonds is 4. The lowest BCUT2D eigenvalue weighted by Crippen LogP contribution is -2.20. The summed E-state index contributed by atoms with van der Waals surface area (Å²) in [7, 11) is 1.65. The van der Waals surface area contributed by atoms with Gasteiger partial charge < -0.3 is 4.74 Å². The molecule has 2 nitrogen and oxygen atoms in total. The topological polar surface area (TPSA) is 26.3 Å². The van der Waals surface area contributed by atoms with Gasteiger partial charge in [-0.1, -0.05) is 39.0 Å². The Labute approximate surface area is 142 Å². The van der Waals surface area contributed by atoms with E-state index in [2.05, 4.69) is 26.8 Å². The molecule has 120 valence electrons. The fraction of sp³-hybridized carbons (Fsp3) is 0.500. The lowest BCUT2D eigenvalue weighted by Gasteiger charge is -2.23. The zero-order valence-electron chi connectivity index (χ0n) is 13.7. The Morgan fingerprint density at radius 1 is 1.27 bits per heavy atom. The van der Waals surface area contributed by atoms with E-state index in [1.807, 2.05) is 24.3 Å². The first-order valence-electron chi connectivity index (χ1n) is 7.55. The number of ether oxygens (including phenoxy) is 1. The normalized spacial score (nSPS) is 17.4. The number of hydrogen-bond acceptors (Lipinski definition) is 4. The van der Waals surface area contributed by atoms with Crippen LogP contribution in [0.4, 0.5) is 0 Å². The Morgan fingerprint density at radius 3 is 2.55 bits per heavy atom. The van der Waals surface area contributed by atoms with E-state index in [-0.39, 0.29) is 15.8 Å². The second-order valence-electron chi connectivity index (χ2n) is 6.45. The molecule has 2 rings (SSSR count). The van der Waals surface area contributed by atoms with Crippen LogP contribution < -0.4 is 4.74 Å². The summed E-state index contributed by atoms with van der Waals surface area (Å²) in [6.07, 6.45) is 3.29. The van der Waals surface area contributed by atoms with E-state index >= 15 is 0 Å². The van der Waals surface area contributed by atoms with Crippen molar-refractivity contribution >= 4 is 34.9 Å². The van der Waals surface area contributed by atoms with Gasteiger partial charge in [0, 0.05) is 5.57 Å². The van der Waals surface area contributed by atoms with Crippen molar-refractivity contribution in [2.24, 2.45) is 5.41 Å². The van der Waals surface area contributed by atoms with Crippen molar-refractivity contribution in [2.75, 3.05) is 18.6 Å². The molecule has 1 aliphatic heterocycles. The third kappa shape index (κ3) is 4.82. The highest BCUT2D eigenvalue weighted by Gasteiger charge is 2.27. The summed E-state index contributed by atoms with van der Waals surface area (Å²) in [5.74, 6) is 3.17. The highest BCUT2D eigenvalue weighted by atomic mass is 32.2. The minimum Gasteiger partial charge on any atom is -0.497 e. The Balaban J connectivity index is 2.38. The summed E-state index contributed by atoms with van der Waals surface area (Å²) in [6, 6.07) is 7.80. The average molecular weight is 337 g/mol. The number of Topliss-reactive ketones (excluding diaryl/α,β-unsaturated/α-hetero) is 1. The Morgan fingerprint density at radius 2 is 1.95 bits per heavy atom. The van der Waals surface area contributed by atoms with Gasteiger partial charge in [0.2, 0.25) is 0 Å². The summed E-state index contributed by atoms with van der Waals surface area (Å²) in [5.41, 5.74) is 1.72. The molecule has 0 atom stereocenters. The maximum absolute atomic E-state index is 13.0. The predicted octanol–water partition coefficient (Wildman–Crippen LogP) is 4.89. The SMILES string of the molecule is COc1cccc(/C(=C\C(C)(C)C)C(=O)C2SCCCS2)c1. The number of hydrogen-bond donors (Lipinski definition) is 0. The van der Waals surface area contributed by atoms with Crippen LogP contribution in [0.25, 0.3) is 5.57 Å². The first-order valence-corrected chi connectivity index (χ1v) is 9.65. The molecule has 0 N–H and O–H groups in total. The van der Waals surface area contributed by atoms with Crippen molar-refractivity contribution in [1.82, 2.24) is 0 Å². The monoisotopic (exact) mass is 336 g/mol. The first-order chi connectivity index (χ1) is 10.4. The van der Waals surface area contributed by atoms with E-state index in [0.29, 0.717) is 0 Å². The smallest absolute Gasteiger partial charge is 0.186 e. The molecule has 0 bridgehead atoms. The van der Waals surface area contributed by atoms with Gasteiger partial charge in [-0.2, -0.15) is 0 Å². The molecule has 22 heavy (non-hydrogen) atoms. The van der Waals surface area contributed by atoms with E-state index in [9.17, 15) is 4.79 Å². The standard InChI is InChI=1S/C18H24O2S2/c1-18(2,3)12-15(13-7-5-8-14(11-13)20-4)16(19)17-21-9-6-10-22-17/h5,7-8,11-12,17H,6,9-10H2,1-4H3/b15-12+. The highest BCUT2D eigenvalue weighted by molar-refractivity contribution is 8.18. The quantitative estimate of drug-likeness (QED) is 0.731. The lowest BCUT2D eigenvalue weighted by molar-refractivity contribution is -0.112. The second kappa shape index (κ2) is 7.60. The number of methoxy groups -OCH3 is 1. The summed E-state index contributed by atoms with van der Waals surface area (Å²) in [4.78, 5) is 13.0. The number of thioether (sulfide) groups is 2. The van der Waals surface area contributed by atoms with Crippen LogP contribution in [0.1, 0.15) is 32.8 Å². The number of allylic oxidation sites excluding steroid dienone is 2. The molecule has 1 fully saturated rings. The Bertz CT molecular complexity index is 552. The van der Waals surface area contributed by atoms with Crippen molar-refractivity contribution in [2.45, 2.75) is 31.8 Å². The van der Waals surface area contributed by atoms with Gasteiger partial charge in [-0.3, -0.25) is 4.79 Å². The Kier molecular flexibility index (Phi) is 6.04. The molecule has 0 radical (unpaired) electrons. The van der Waals surface area contributed by atoms with Crippen molar-refractivity contribution in [3.8, 4) is 5.75 Å². The molecule has 0 aliphatic carbocycles. The number of carbonyl (C=O) groups is 1. The highest BCUT2D eigenvalue weighted by Crippen LogP contribution is 2.36. The molecule has 0 amide bonds. The van der Waals surface area contributed by atoms with Crippen molar-refractivity contribution in [3.05, 3.63) is 35.9 Å². The van der Waals surface area contributed by atoms with Crippen LogP contribution >= 0.6 is 23.5 Å². The molecule has 1 aromatic rings. The number of ketones is 1. The molecular formula is C18H24O2S2. The van der Waals surface area contributed by atoms with Crippen molar-refractivity contribution in [3.63, 3.8) is 0 Å². The molecule has 0 unspecified atom stereocenters. The van der Waals surface area contributed by atoms with Gasteiger partial charge in [0.1, 0.15) is 10.3 Å². The van der Waals surface area contributed by atoms with E-state index in [4.69, 9.17) is 4.74 Å². The fourth-order valence-corrected chi connectivity index (χ4v) is 5.04. The average Bonchev–Trinajstić information content (AvgIpc) is 2.52. The van der Waals surface area contributed by atoms with Gasteiger partial charge >= 0.3 is 0 Å². The van der Waals surface area contributed by atoms with Crippen LogP contribution in [0.3, 0.4) is 0 Å². The van der Waals surface area contributed by atoms with Crippen molar-refractivity contribution < 1.29 is 9.53 Å². The molecular weight excluding hydrogens is 312 g/mol. The van der Waals surface area contributed by atoms with Crippen LogP contribution in [-0.2, 0) is 4.79 Å². The van der Waals surface area contributed by atoms with Crippen LogP contribution in [0.15, 0.2) is 30.3 Å². The summed E-state index contributed by atoms with van der Waals surface area (Å²) >= 11 is 3.54. The first kappa shape index (κ1) is 17.5.